The lowest BCUT2D eigenvalue weighted by Crippen LogP contribution is -2.30. The Morgan fingerprint density at radius 3 is 2.16 bits per heavy atom. The van der Waals surface area contributed by atoms with E-state index >= 15 is 0 Å². The second kappa shape index (κ2) is 8.84. The number of ether oxygens (including phenoxy) is 2. The molecule has 1 unspecified atom stereocenters. The third-order valence-electron chi connectivity index (χ3n) is 5.70. The Kier molecular flexibility index (Phi) is 5.99. The summed E-state index contributed by atoms with van der Waals surface area (Å²) in [5.41, 5.74) is 5.64. The van der Waals surface area contributed by atoms with E-state index in [1.807, 2.05) is 6.07 Å². The lowest BCUT2D eigenvalue weighted by Gasteiger charge is -2.32. The third kappa shape index (κ3) is 4.74. The molecule has 0 saturated heterocycles. The Morgan fingerprint density at radius 2 is 1.52 bits per heavy atom. The molecule has 0 bridgehead atoms. The molecule has 1 aliphatic rings. The van der Waals surface area contributed by atoms with Gasteiger partial charge in [-0.25, -0.2) is 0 Å². The van der Waals surface area contributed by atoms with Gasteiger partial charge in [-0.1, -0.05) is 48.5 Å². The SMILES string of the molecule is COc1cc2c(cc1OC)C(CC(Nc1ccccc1)c1ccccc1)=NC(C)(C)C2. The van der Waals surface area contributed by atoms with E-state index in [9.17, 15) is 0 Å². The number of para-hydroxylation sites is 1. The number of fused-ring (bicyclic) bond motifs is 1. The van der Waals surface area contributed by atoms with E-state index < -0.39 is 0 Å². The largest absolute Gasteiger partial charge is 0.493 e. The van der Waals surface area contributed by atoms with Crippen molar-refractivity contribution in [2.75, 3.05) is 19.5 Å². The first kappa shape index (κ1) is 21.0. The molecule has 1 heterocycles. The van der Waals surface area contributed by atoms with Crippen LogP contribution in [-0.4, -0.2) is 25.5 Å². The van der Waals surface area contributed by atoms with Crippen molar-refractivity contribution in [1.29, 1.82) is 0 Å². The zero-order chi connectivity index (χ0) is 21.8. The normalized spacial score (nSPS) is 15.4. The van der Waals surface area contributed by atoms with Crippen LogP contribution in [0.1, 0.15) is 43.0 Å². The van der Waals surface area contributed by atoms with Crippen LogP contribution in [0.4, 0.5) is 5.69 Å². The van der Waals surface area contributed by atoms with Gasteiger partial charge in [0.1, 0.15) is 0 Å². The minimum Gasteiger partial charge on any atom is -0.493 e. The van der Waals surface area contributed by atoms with Gasteiger partial charge in [-0.15, -0.1) is 0 Å². The van der Waals surface area contributed by atoms with E-state index in [-0.39, 0.29) is 11.6 Å². The van der Waals surface area contributed by atoms with Gasteiger partial charge >= 0.3 is 0 Å². The number of nitrogens with one attached hydrogen (secondary N) is 1. The fourth-order valence-corrected chi connectivity index (χ4v) is 4.29. The zero-order valence-corrected chi connectivity index (χ0v) is 18.7. The van der Waals surface area contributed by atoms with Gasteiger partial charge in [-0.05, 0) is 55.7 Å². The summed E-state index contributed by atoms with van der Waals surface area (Å²) in [5.74, 6) is 1.50. The highest BCUT2D eigenvalue weighted by Gasteiger charge is 2.30. The van der Waals surface area contributed by atoms with Crippen molar-refractivity contribution in [2.24, 2.45) is 4.99 Å². The number of hydrogen-bond donors (Lipinski definition) is 1. The standard InChI is InChI=1S/C27H30N2O2/c1-27(2)18-20-15-25(30-3)26(31-4)16-22(20)24(29-27)17-23(19-11-7-5-8-12-19)28-21-13-9-6-10-14-21/h5-16,23,28H,17-18H2,1-4H3. The Bertz CT molecular complexity index is 1060. The van der Waals surface area contributed by atoms with Crippen LogP contribution in [0.25, 0.3) is 0 Å². The predicted octanol–water partition coefficient (Wildman–Crippen LogP) is 6.07. The van der Waals surface area contributed by atoms with Gasteiger partial charge < -0.3 is 14.8 Å². The Morgan fingerprint density at radius 1 is 0.903 bits per heavy atom. The minimum atomic E-state index is -0.171. The van der Waals surface area contributed by atoms with Gasteiger partial charge in [-0.3, -0.25) is 4.99 Å². The van der Waals surface area contributed by atoms with Crippen LogP contribution in [0.3, 0.4) is 0 Å². The minimum absolute atomic E-state index is 0.0946. The summed E-state index contributed by atoms with van der Waals surface area (Å²) in [7, 11) is 3.36. The number of hydrogen-bond acceptors (Lipinski definition) is 4. The molecule has 0 radical (unpaired) electrons. The van der Waals surface area contributed by atoms with Crippen molar-refractivity contribution in [3.63, 3.8) is 0 Å². The van der Waals surface area contributed by atoms with E-state index in [0.717, 1.165) is 41.3 Å². The number of rotatable bonds is 7. The van der Waals surface area contributed by atoms with Crippen molar-refractivity contribution in [3.8, 4) is 11.5 Å². The number of benzene rings is 3. The first-order valence-electron chi connectivity index (χ1n) is 10.7. The van der Waals surface area contributed by atoms with Crippen LogP contribution < -0.4 is 14.8 Å². The smallest absolute Gasteiger partial charge is 0.161 e. The van der Waals surface area contributed by atoms with E-state index in [1.54, 1.807) is 14.2 Å². The molecule has 4 rings (SSSR count). The average Bonchev–Trinajstić information content (AvgIpc) is 2.78. The fourth-order valence-electron chi connectivity index (χ4n) is 4.29. The summed E-state index contributed by atoms with van der Waals surface area (Å²) < 4.78 is 11.2. The molecule has 3 aromatic carbocycles. The molecule has 3 aromatic rings. The zero-order valence-electron chi connectivity index (χ0n) is 18.7. The fraction of sp³-hybridized carbons (Fsp3) is 0.296. The third-order valence-corrected chi connectivity index (χ3v) is 5.70. The Balaban J connectivity index is 1.74. The first-order chi connectivity index (χ1) is 15.0. The van der Waals surface area contributed by atoms with Gasteiger partial charge in [-0.2, -0.15) is 0 Å². The van der Waals surface area contributed by atoms with Crippen LogP contribution in [0, 0.1) is 0 Å². The van der Waals surface area contributed by atoms with Gasteiger partial charge in [0.15, 0.2) is 11.5 Å². The van der Waals surface area contributed by atoms with E-state index in [2.05, 4.69) is 85.9 Å². The molecule has 160 valence electrons. The molecular weight excluding hydrogens is 384 g/mol. The molecule has 0 fully saturated rings. The second-order valence-electron chi connectivity index (χ2n) is 8.59. The second-order valence-corrected chi connectivity index (χ2v) is 8.59. The highest BCUT2D eigenvalue weighted by atomic mass is 16.5. The maximum absolute atomic E-state index is 5.59. The van der Waals surface area contributed by atoms with E-state index in [0.29, 0.717) is 0 Å². The number of methoxy groups -OCH3 is 2. The molecule has 4 heteroatoms. The molecule has 0 amide bonds. The van der Waals surface area contributed by atoms with Crippen molar-refractivity contribution in [2.45, 2.75) is 38.3 Å². The van der Waals surface area contributed by atoms with Gasteiger partial charge in [0, 0.05) is 23.4 Å². The lowest BCUT2D eigenvalue weighted by atomic mass is 9.84. The topological polar surface area (TPSA) is 42.9 Å². The van der Waals surface area contributed by atoms with Gasteiger partial charge in [0.25, 0.3) is 0 Å². The highest BCUT2D eigenvalue weighted by Crippen LogP contribution is 2.38. The first-order valence-corrected chi connectivity index (χ1v) is 10.7. The van der Waals surface area contributed by atoms with Crippen LogP contribution in [0.15, 0.2) is 77.8 Å². The van der Waals surface area contributed by atoms with Crippen molar-refractivity contribution in [3.05, 3.63) is 89.5 Å². The van der Waals surface area contributed by atoms with Crippen LogP contribution >= 0.6 is 0 Å². The molecule has 1 N–H and O–H groups in total. The predicted molar refractivity (Wildman–Crippen MR) is 128 cm³/mol. The van der Waals surface area contributed by atoms with E-state index in [1.165, 1.54) is 11.1 Å². The Labute approximate surface area is 184 Å². The summed E-state index contributed by atoms with van der Waals surface area (Å²) in [6.07, 6.45) is 1.64. The highest BCUT2D eigenvalue weighted by molar-refractivity contribution is 6.04. The Hall–Kier alpha value is -3.27. The molecule has 0 spiro atoms. The van der Waals surface area contributed by atoms with Crippen molar-refractivity contribution >= 4 is 11.4 Å². The number of nitrogens with zero attached hydrogens (tertiary/aromatic N) is 1. The molecule has 1 aliphatic heterocycles. The number of aliphatic imine (C=N–C) groups is 1. The maximum atomic E-state index is 5.59. The number of anilines is 1. The van der Waals surface area contributed by atoms with Crippen LogP contribution in [0.2, 0.25) is 0 Å². The summed E-state index contributed by atoms with van der Waals surface area (Å²) >= 11 is 0. The molecular formula is C27H30N2O2. The summed E-state index contributed by atoms with van der Waals surface area (Å²) in [5, 5.41) is 3.72. The average molecular weight is 415 g/mol. The van der Waals surface area contributed by atoms with E-state index in [4.69, 9.17) is 14.5 Å². The summed E-state index contributed by atoms with van der Waals surface area (Å²) in [6, 6.07) is 25.2. The monoisotopic (exact) mass is 414 g/mol. The van der Waals surface area contributed by atoms with Crippen molar-refractivity contribution in [1.82, 2.24) is 0 Å². The van der Waals surface area contributed by atoms with Crippen LogP contribution in [0.5, 0.6) is 11.5 Å². The molecule has 0 aliphatic carbocycles. The van der Waals surface area contributed by atoms with Crippen LogP contribution in [-0.2, 0) is 6.42 Å². The molecule has 0 saturated carbocycles. The van der Waals surface area contributed by atoms with Gasteiger partial charge in [0.05, 0.1) is 25.8 Å². The molecule has 0 aromatic heterocycles. The van der Waals surface area contributed by atoms with Gasteiger partial charge in [0.2, 0.25) is 0 Å². The maximum Gasteiger partial charge on any atom is 0.161 e. The quantitative estimate of drug-likeness (QED) is 0.510. The lowest BCUT2D eigenvalue weighted by molar-refractivity contribution is 0.353. The molecule has 31 heavy (non-hydrogen) atoms. The molecule has 1 atom stereocenters. The summed E-state index contributed by atoms with van der Waals surface area (Å²) in [6.45, 7) is 4.38. The van der Waals surface area contributed by atoms with Crippen molar-refractivity contribution < 1.29 is 9.47 Å². The molecule has 4 nitrogen and oxygen atoms in total. The summed E-state index contributed by atoms with van der Waals surface area (Å²) in [4.78, 5) is 5.17.